The fourth-order valence-electron chi connectivity index (χ4n) is 2.12. The molecule has 0 spiro atoms. The average molecular weight is 355 g/mol. The summed E-state index contributed by atoms with van der Waals surface area (Å²) in [5, 5.41) is 14.7. The molecular weight excluding hydrogens is 338 g/mol. The summed E-state index contributed by atoms with van der Waals surface area (Å²) in [4.78, 5) is 22.5. The molecule has 0 radical (unpaired) electrons. The number of hydrogen-bond donors (Lipinski definition) is 1. The van der Waals surface area contributed by atoms with Crippen LogP contribution in [0.5, 0.6) is 11.5 Å². The maximum absolute atomic E-state index is 12.1. The number of carbonyl (C=O) groups is 1. The second-order valence-electron chi connectivity index (χ2n) is 4.96. The maximum atomic E-state index is 12.1. The molecule has 0 aliphatic rings. The third-order valence-electron chi connectivity index (χ3n) is 3.38. The number of hydrazone groups is 1. The topological polar surface area (TPSA) is 103 Å². The van der Waals surface area contributed by atoms with Gasteiger partial charge in [-0.25, -0.2) is 5.43 Å². The Labute approximate surface area is 149 Å². The Balaban J connectivity index is 2.00. The molecule has 2 rings (SSSR count). The van der Waals surface area contributed by atoms with E-state index in [9.17, 15) is 14.9 Å². The fourth-order valence-corrected chi connectivity index (χ4v) is 2.12. The number of nitro benzene ring substituents is 1. The van der Waals surface area contributed by atoms with Gasteiger partial charge in [0.15, 0.2) is 11.5 Å². The number of allylic oxidation sites excluding steroid dienone is 1. The van der Waals surface area contributed by atoms with Crippen molar-refractivity contribution < 1.29 is 19.2 Å². The number of methoxy groups -OCH3 is 2. The molecule has 8 nitrogen and oxygen atoms in total. The van der Waals surface area contributed by atoms with E-state index in [2.05, 4.69) is 10.5 Å². The summed E-state index contributed by atoms with van der Waals surface area (Å²) in [5.41, 5.74) is 3.14. The number of para-hydroxylation sites is 1. The van der Waals surface area contributed by atoms with Crippen LogP contribution in [-0.4, -0.2) is 31.3 Å². The van der Waals surface area contributed by atoms with Gasteiger partial charge < -0.3 is 9.47 Å². The molecule has 0 aromatic heterocycles. The molecule has 0 unspecified atom stereocenters. The van der Waals surface area contributed by atoms with Gasteiger partial charge in [0, 0.05) is 17.8 Å². The highest BCUT2D eigenvalue weighted by Crippen LogP contribution is 2.27. The van der Waals surface area contributed by atoms with Crippen molar-refractivity contribution in [1.82, 2.24) is 5.43 Å². The molecule has 0 aliphatic heterocycles. The predicted molar refractivity (Wildman–Crippen MR) is 97.6 cm³/mol. The van der Waals surface area contributed by atoms with E-state index in [-0.39, 0.29) is 5.69 Å². The summed E-state index contributed by atoms with van der Waals surface area (Å²) in [6.45, 7) is 0. The molecule has 2 aromatic rings. The van der Waals surface area contributed by atoms with Crippen LogP contribution in [-0.2, 0) is 0 Å². The summed E-state index contributed by atoms with van der Waals surface area (Å²) in [6, 6.07) is 11.0. The van der Waals surface area contributed by atoms with E-state index in [0.717, 1.165) is 0 Å². The van der Waals surface area contributed by atoms with Crippen LogP contribution in [0.4, 0.5) is 5.69 Å². The van der Waals surface area contributed by atoms with Gasteiger partial charge in [-0.05, 0) is 36.4 Å². The minimum atomic E-state index is -0.463. The molecule has 0 aliphatic carbocycles. The third kappa shape index (κ3) is 4.67. The van der Waals surface area contributed by atoms with Crippen LogP contribution < -0.4 is 14.9 Å². The average Bonchev–Trinajstić information content (AvgIpc) is 2.67. The number of nitrogens with one attached hydrogen (secondary N) is 1. The van der Waals surface area contributed by atoms with Gasteiger partial charge >= 0.3 is 0 Å². The van der Waals surface area contributed by atoms with Crippen LogP contribution in [0.2, 0.25) is 0 Å². The number of ether oxygens (including phenoxy) is 2. The van der Waals surface area contributed by atoms with E-state index in [4.69, 9.17) is 9.47 Å². The van der Waals surface area contributed by atoms with Gasteiger partial charge in [-0.15, -0.1) is 0 Å². The molecule has 2 aromatic carbocycles. The molecule has 0 bridgehead atoms. The highest BCUT2D eigenvalue weighted by molar-refractivity contribution is 5.95. The second-order valence-corrected chi connectivity index (χ2v) is 4.96. The summed E-state index contributed by atoms with van der Waals surface area (Å²) in [5.74, 6) is 0.515. The summed E-state index contributed by atoms with van der Waals surface area (Å²) >= 11 is 0. The highest BCUT2D eigenvalue weighted by atomic mass is 16.6. The second kappa shape index (κ2) is 8.97. The lowest BCUT2D eigenvalue weighted by Crippen LogP contribution is -2.17. The Morgan fingerprint density at radius 2 is 1.88 bits per heavy atom. The van der Waals surface area contributed by atoms with Crippen molar-refractivity contribution in [2.45, 2.75) is 0 Å². The van der Waals surface area contributed by atoms with Gasteiger partial charge in [-0.1, -0.05) is 12.1 Å². The molecule has 0 heterocycles. The van der Waals surface area contributed by atoms with Crippen LogP contribution in [0.25, 0.3) is 6.08 Å². The first-order chi connectivity index (χ1) is 12.6. The Morgan fingerprint density at radius 3 is 2.58 bits per heavy atom. The number of rotatable bonds is 7. The van der Waals surface area contributed by atoms with Crippen molar-refractivity contribution in [3.8, 4) is 11.5 Å². The lowest BCUT2D eigenvalue weighted by atomic mass is 10.1. The minimum absolute atomic E-state index is 0.00786. The molecule has 26 heavy (non-hydrogen) atoms. The molecule has 0 atom stereocenters. The van der Waals surface area contributed by atoms with E-state index in [0.29, 0.717) is 22.6 Å². The normalized spacial score (nSPS) is 10.8. The number of nitro groups is 1. The van der Waals surface area contributed by atoms with Gasteiger partial charge in [0.25, 0.3) is 11.6 Å². The van der Waals surface area contributed by atoms with E-state index in [1.807, 2.05) is 0 Å². The van der Waals surface area contributed by atoms with Gasteiger partial charge in [0.1, 0.15) is 0 Å². The molecular formula is C18H17N3O5. The van der Waals surface area contributed by atoms with Crippen LogP contribution in [0, 0.1) is 10.1 Å². The molecule has 1 N–H and O–H groups in total. The van der Waals surface area contributed by atoms with Crippen molar-refractivity contribution in [3.05, 3.63) is 69.8 Å². The van der Waals surface area contributed by atoms with Crippen molar-refractivity contribution in [2.24, 2.45) is 5.10 Å². The summed E-state index contributed by atoms with van der Waals surface area (Å²) in [6.07, 6.45) is 4.36. The Hall–Kier alpha value is -3.68. The number of amides is 1. The maximum Gasteiger partial charge on any atom is 0.276 e. The van der Waals surface area contributed by atoms with Crippen molar-refractivity contribution in [1.29, 1.82) is 0 Å². The number of hydrogen-bond acceptors (Lipinski definition) is 6. The summed E-state index contributed by atoms with van der Waals surface area (Å²) < 4.78 is 10.2. The number of benzene rings is 2. The highest BCUT2D eigenvalue weighted by Gasteiger charge is 2.10. The van der Waals surface area contributed by atoms with E-state index in [1.165, 1.54) is 44.7 Å². The molecule has 0 saturated heterocycles. The zero-order chi connectivity index (χ0) is 18.9. The predicted octanol–water partition coefficient (Wildman–Crippen LogP) is 3.04. The van der Waals surface area contributed by atoms with Gasteiger partial charge in [-0.3, -0.25) is 14.9 Å². The monoisotopic (exact) mass is 355 g/mol. The fraction of sp³-hybridized carbons (Fsp3) is 0.111. The zero-order valence-electron chi connectivity index (χ0n) is 14.2. The Bertz CT molecular complexity index is 862. The van der Waals surface area contributed by atoms with Crippen LogP contribution >= 0.6 is 0 Å². The first-order valence-corrected chi connectivity index (χ1v) is 7.52. The van der Waals surface area contributed by atoms with Gasteiger partial charge in [0.2, 0.25) is 0 Å². The number of carbonyl (C=O) groups excluding carboxylic acids is 1. The first-order valence-electron chi connectivity index (χ1n) is 7.52. The van der Waals surface area contributed by atoms with Crippen LogP contribution in [0.15, 0.2) is 53.6 Å². The van der Waals surface area contributed by atoms with Crippen molar-refractivity contribution >= 4 is 23.9 Å². The van der Waals surface area contributed by atoms with Crippen LogP contribution in [0.1, 0.15) is 15.9 Å². The number of nitrogens with zero attached hydrogens (tertiary/aromatic N) is 2. The third-order valence-corrected chi connectivity index (χ3v) is 3.38. The van der Waals surface area contributed by atoms with Gasteiger partial charge in [-0.2, -0.15) is 5.10 Å². The van der Waals surface area contributed by atoms with Crippen molar-refractivity contribution in [3.63, 3.8) is 0 Å². The lowest BCUT2D eigenvalue weighted by molar-refractivity contribution is -0.385. The molecule has 8 heteroatoms. The van der Waals surface area contributed by atoms with Crippen molar-refractivity contribution in [2.75, 3.05) is 14.2 Å². The molecule has 1 amide bonds. The first kappa shape index (κ1) is 18.7. The van der Waals surface area contributed by atoms with Gasteiger partial charge in [0.05, 0.1) is 24.7 Å². The van der Waals surface area contributed by atoms with Crippen LogP contribution in [0.3, 0.4) is 0 Å². The quantitative estimate of drug-likeness (QED) is 0.467. The standard InChI is InChI=1S/C18H17N3O5/c1-25-16-10-9-14(12-17(16)26-2)18(22)20-19-11-5-7-13-6-3-4-8-15(13)21(23)24/h3-12H,1-2H3,(H,20,22)/b7-5+,19-11-. The SMILES string of the molecule is COc1ccc(C(=O)N/N=C\C=C\c2ccccc2[N+](=O)[O-])cc1OC. The lowest BCUT2D eigenvalue weighted by Gasteiger charge is -2.08. The largest absolute Gasteiger partial charge is 0.493 e. The van der Waals surface area contributed by atoms with E-state index >= 15 is 0 Å². The Kier molecular flexibility index (Phi) is 6.44. The zero-order valence-corrected chi connectivity index (χ0v) is 14.2. The minimum Gasteiger partial charge on any atom is -0.493 e. The summed E-state index contributed by atoms with van der Waals surface area (Å²) in [7, 11) is 2.98. The molecule has 0 saturated carbocycles. The van der Waals surface area contributed by atoms with E-state index in [1.54, 1.807) is 30.3 Å². The Morgan fingerprint density at radius 1 is 1.15 bits per heavy atom. The molecule has 134 valence electrons. The molecule has 0 fully saturated rings. The van der Waals surface area contributed by atoms with E-state index < -0.39 is 10.8 Å². The smallest absolute Gasteiger partial charge is 0.276 e.